The number of hydrogen-bond acceptors (Lipinski definition) is 6. The number of hydrogen-bond donors (Lipinski definition) is 0. The normalized spacial score (nSPS) is 20.3. The molecule has 2 aliphatic rings. The van der Waals surface area contributed by atoms with Crippen LogP contribution in [0.25, 0.3) is 0 Å². The van der Waals surface area contributed by atoms with Crippen LogP contribution in [0.1, 0.15) is 72.2 Å². The molecule has 3 heterocycles. The molecule has 0 N–H and O–H groups in total. The molecule has 156 valence electrons. The Balaban J connectivity index is 1.28. The Hall–Kier alpha value is -2.28. The predicted molar refractivity (Wildman–Crippen MR) is 108 cm³/mol. The van der Waals surface area contributed by atoms with Crippen molar-refractivity contribution in [3.63, 3.8) is 0 Å². The monoisotopic (exact) mass is 398 g/mol. The average molecular weight is 399 g/mol. The lowest BCUT2D eigenvalue weighted by molar-refractivity contribution is 0.0695. The third-order valence-electron chi connectivity index (χ3n) is 6.00. The molecule has 0 bridgehead atoms. The van der Waals surface area contributed by atoms with Gasteiger partial charge in [0.2, 0.25) is 5.89 Å². The van der Waals surface area contributed by atoms with E-state index >= 15 is 0 Å². The van der Waals surface area contributed by atoms with Gasteiger partial charge in [-0.1, -0.05) is 18.0 Å². The summed E-state index contributed by atoms with van der Waals surface area (Å²) in [6.07, 6.45) is 9.46. The number of carbonyl (C=O) groups excluding carboxylic acids is 1. The van der Waals surface area contributed by atoms with Crippen molar-refractivity contribution in [2.24, 2.45) is 5.92 Å². The molecule has 0 aromatic carbocycles. The molecule has 1 unspecified atom stereocenters. The van der Waals surface area contributed by atoms with Crippen molar-refractivity contribution in [3.8, 4) is 0 Å². The first-order valence-corrected chi connectivity index (χ1v) is 10.8. The second-order valence-electron chi connectivity index (χ2n) is 8.30. The number of amides is 1. The molecule has 0 spiro atoms. The number of aryl methyl sites for hydroxylation is 1. The molecule has 1 saturated carbocycles. The Bertz CT molecular complexity index is 799. The second-order valence-corrected chi connectivity index (χ2v) is 8.30. The zero-order valence-electron chi connectivity index (χ0n) is 17.2. The molecule has 0 radical (unpaired) electrons. The first kappa shape index (κ1) is 20.0. The number of carbonyl (C=O) groups is 1. The number of rotatable bonds is 7. The Morgan fingerprint density at radius 2 is 2.10 bits per heavy atom. The largest absolute Gasteiger partial charge is 0.381 e. The van der Waals surface area contributed by atoms with Crippen LogP contribution in [0.3, 0.4) is 0 Å². The van der Waals surface area contributed by atoms with Crippen molar-refractivity contribution in [1.82, 2.24) is 20.0 Å². The van der Waals surface area contributed by atoms with Gasteiger partial charge in [0, 0.05) is 38.0 Å². The summed E-state index contributed by atoms with van der Waals surface area (Å²) in [4.78, 5) is 23.5. The van der Waals surface area contributed by atoms with Crippen LogP contribution in [-0.2, 0) is 11.2 Å². The standard InChI is InChI=1S/C22H30N4O3/c1-16-8-9-18(13-23-16)22(27)26-11-4-7-19(14-26)21-24-20(25-29-21)10-12-28-15-17-5-2-3-6-17/h8-9,13,17,19H,2-7,10-12,14-15H2,1H3. The van der Waals surface area contributed by atoms with Crippen molar-refractivity contribution in [1.29, 1.82) is 0 Å². The van der Waals surface area contributed by atoms with E-state index in [4.69, 9.17) is 9.26 Å². The Kier molecular flexibility index (Phi) is 6.54. The average Bonchev–Trinajstić information content (AvgIpc) is 3.44. The molecule has 1 aliphatic carbocycles. The van der Waals surface area contributed by atoms with E-state index in [1.165, 1.54) is 25.7 Å². The van der Waals surface area contributed by atoms with E-state index in [0.717, 1.165) is 37.6 Å². The summed E-state index contributed by atoms with van der Waals surface area (Å²) in [6, 6.07) is 3.71. The van der Waals surface area contributed by atoms with Gasteiger partial charge in [-0.3, -0.25) is 9.78 Å². The fourth-order valence-corrected chi connectivity index (χ4v) is 4.27. The maximum Gasteiger partial charge on any atom is 0.255 e. The van der Waals surface area contributed by atoms with Gasteiger partial charge in [-0.05, 0) is 50.7 Å². The third kappa shape index (κ3) is 5.21. The predicted octanol–water partition coefficient (Wildman–Crippen LogP) is 3.54. The van der Waals surface area contributed by atoms with Gasteiger partial charge < -0.3 is 14.2 Å². The Morgan fingerprint density at radius 3 is 2.90 bits per heavy atom. The number of aromatic nitrogens is 3. The summed E-state index contributed by atoms with van der Waals surface area (Å²) in [5.74, 6) is 2.16. The van der Waals surface area contributed by atoms with Crippen molar-refractivity contribution < 1.29 is 14.1 Å². The van der Waals surface area contributed by atoms with E-state index in [-0.39, 0.29) is 11.8 Å². The number of piperidine rings is 1. The van der Waals surface area contributed by atoms with Crippen LogP contribution in [0, 0.1) is 12.8 Å². The third-order valence-corrected chi connectivity index (χ3v) is 6.00. The molecule has 1 saturated heterocycles. The molecule has 29 heavy (non-hydrogen) atoms. The molecule has 1 atom stereocenters. The summed E-state index contributed by atoms with van der Waals surface area (Å²) in [6.45, 7) is 4.74. The van der Waals surface area contributed by atoms with Crippen LogP contribution in [0.5, 0.6) is 0 Å². The van der Waals surface area contributed by atoms with Gasteiger partial charge in [-0.15, -0.1) is 0 Å². The molecule has 1 amide bonds. The Morgan fingerprint density at radius 1 is 1.24 bits per heavy atom. The topological polar surface area (TPSA) is 81.4 Å². The zero-order chi connectivity index (χ0) is 20.1. The van der Waals surface area contributed by atoms with Gasteiger partial charge >= 0.3 is 0 Å². The minimum atomic E-state index is 0.0160. The van der Waals surface area contributed by atoms with Gasteiger partial charge in [0.25, 0.3) is 5.91 Å². The second kappa shape index (κ2) is 9.48. The highest BCUT2D eigenvalue weighted by atomic mass is 16.5. The van der Waals surface area contributed by atoms with E-state index in [9.17, 15) is 4.79 Å². The fourth-order valence-electron chi connectivity index (χ4n) is 4.27. The van der Waals surface area contributed by atoms with Crippen LogP contribution in [0.15, 0.2) is 22.9 Å². The minimum absolute atomic E-state index is 0.0160. The van der Waals surface area contributed by atoms with E-state index < -0.39 is 0 Å². The van der Waals surface area contributed by atoms with Crippen LogP contribution >= 0.6 is 0 Å². The summed E-state index contributed by atoms with van der Waals surface area (Å²) >= 11 is 0. The van der Waals surface area contributed by atoms with Crippen molar-refractivity contribution in [2.45, 2.75) is 57.8 Å². The smallest absolute Gasteiger partial charge is 0.255 e. The highest BCUT2D eigenvalue weighted by Crippen LogP contribution is 2.27. The highest BCUT2D eigenvalue weighted by Gasteiger charge is 2.29. The SMILES string of the molecule is Cc1ccc(C(=O)N2CCCC(c3nc(CCOCC4CCCC4)no3)C2)cn1. The maximum absolute atomic E-state index is 12.8. The van der Waals surface area contributed by atoms with Gasteiger partial charge in [-0.25, -0.2) is 0 Å². The summed E-state index contributed by atoms with van der Waals surface area (Å²) in [5.41, 5.74) is 1.53. The van der Waals surface area contributed by atoms with Crippen LogP contribution in [0.2, 0.25) is 0 Å². The van der Waals surface area contributed by atoms with Crippen molar-refractivity contribution >= 4 is 5.91 Å². The molecular formula is C22H30N4O3. The van der Waals surface area contributed by atoms with E-state index in [0.29, 0.717) is 36.9 Å². The number of pyridine rings is 1. The van der Waals surface area contributed by atoms with Gasteiger partial charge in [0.05, 0.1) is 18.1 Å². The first-order chi connectivity index (χ1) is 14.2. The Labute approximate surface area is 171 Å². The minimum Gasteiger partial charge on any atom is -0.381 e. The lowest BCUT2D eigenvalue weighted by Gasteiger charge is -2.31. The lowest BCUT2D eigenvalue weighted by atomic mass is 9.97. The molecule has 1 aliphatic heterocycles. The van der Waals surface area contributed by atoms with E-state index in [2.05, 4.69) is 15.1 Å². The first-order valence-electron chi connectivity index (χ1n) is 10.8. The number of likely N-dealkylation sites (tertiary alicyclic amines) is 1. The van der Waals surface area contributed by atoms with Crippen molar-refractivity contribution in [2.75, 3.05) is 26.3 Å². The lowest BCUT2D eigenvalue weighted by Crippen LogP contribution is -2.39. The van der Waals surface area contributed by atoms with E-state index in [1.54, 1.807) is 6.20 Å². The number of nitrogens with zero attached hydrogens (tertiary/aromatic N) is 4. The van der Waals surface area contributed by atoms with Crippen LogP contribution < -0.4 is 0 Å². The quantitative estimate of drug-likeness (QED) is 0.664. The summed E-state index contributed by atoms with van der Waals surface area (Å²) in [5, 5.41) is 4.12. The fraction of sp³-hybridized carbons (Fsp3) is 0.636. The molecular weight excluding hydrogens is 368 g/mol. The van der Waals surface area contributed by atoms with Gasteiger partial charge in [0.1, 0.15) is 0 Å². The molecule has 2 aromatic rings. The number of ether oxygens (including phenoxy) is 1. The maximum atomic E-state index is 12.8. The van der Waals surface area contributed by atoms with Crippen molar-refractivity contribution in [3.05, 3.63) is 41.3 Å². The van der Waals surface area contributed by atoms with Gasteiger partial charge in [-0.2, -0.15) is 4.98 Å². The van der Waals surface area contributed by atoms with Crippen LogP contribution in [-0.4, -0.2) is 52.2 Å². The molecule has 2 aromatic heterocycles. The molecule has 7 heteroatoms. The van der Waals surface area contributed by atoms with Crippen LogP contribution in [0.4, 0.5) is 0 Å². The van der Waals surface area contributed by atoms with E-state index in [1.807, 2.05) is 24.0 Å². The molecule has 2 fully saturated rings. The zero-order valence-corrected chi connectivity index (χ0v) is 17.2. The highest BCUT2D eigenvalue weighted by molar-refractivity contribution is 5.94. The molecule has 7 nitrogen and oxygen atoms in total. The molecule has 4 rings (SSSR count). The summed E-state index contributed by atoms with van der Waals surface area (Å²) in [7, 11) is 0. The van der Waals surface area contributed by atoms with Gasteiger partial charge in [0.15, 0.2) is 5.82 Å². The summed E-state index contributed by atoms with van der Waals surface area (Å²) < 4.78 is 11.3.